The standard InChI is InChI=1S/C26H42O2/c1-17(10-13-24(2,3)28)21-8-9-22-20-7-6-18-16-19(27)11-14-25(18,4)23(20)12-15-26(21,22)5/h6,17,20-23,28H,7-16H2,1-5H3/t17-,20+,21-,22+,23+,25+,26-/m1/s1. The van der Waals surface area contributed by atoms with Crippen molar-refractivity contribution in [1.29, 1.82) is 0 Å². The summed E-state index contributed by atoms with van der Waals surface area (Å²) in [6.07, 6.45) is 13.9. The highest BCUT2D eigenvalue weighted by Crippen LogP contribution is 2.67. The predicted octanol–water partition coefficient (Wildman–Crippen LogP) is 6.32. The third-order valence-corrected chi connectivity index (χ3v) is 9.91. The molecule has 28 heavy (non-hydrogen) atoms. The molecule has 0 aromatic rings. The second-order valence-corrected chi connectivity index (χ2v) is 12.0. The van der Waals surface area contributed by atoms with Gasteiger partial charge in [-0.15, -0.1) is 0 Å². The third kappa shape index (κ3) is 3.32. The van der Waals surface area contributed by atoms with Crippen molar-refractivity contribution in [3.05, 3.63) is 11.6 Å². The molecule has 0 aromatic carbocycles. The van der Waals surface area contributed by atoms with E-state index in [2.05, 4.69) is 26.8 Å². The average molecular weight is 387 g/mol. The topological polar surface area (TPSA) is 37.3 Å². The van der Waals surface area contributed by atoms with E-state index in [4.69, 9.17) is 0 Å². The average Bonchev–Trinajstić information content (AvgIpc) is 2.97. The van der Waals surface area contributed by atoms with Gasteiger partial charge in [0.05, 0.1) is 5.60 Å². The minimum Gasteiger partial charge on any atom is -0.390 e. The van der Waals surface area contributed by atoms with E-state index in [1.54, 1.807) is 0 Å². The first-order valence-electron chi connectivity index (χ1n) is 12.0. The number of hydrogen-bond acceptors (Lipinski definition) is 2. The highest BCUT2D eigenvalue weighted by Gasteiger charge is 2.59. The van der Waals surface area contributed by atoms with Crippen LogP contribution in [0.2, 0.25) is 0 Å². The fourth-order valence-electron chi connectivity index (χ4n) is 8.23. The minimum absolute atomic E-state index is 0.294. The van der Waals surface area contributed by atoms with Crippen LogP contribution < -0.4 is 0 Å². The Balaban J connectivity index is 1.53. The highest BCUT2D eigenvalue weighted by atomic mass is 16.3. The molecule has 2 heteroatoms. The molecule has 0 aliphatic heterocycles. The summed E-state index contributed by atoms with van der Waals surface area (Å²) in [6.45, 7) is 11.4. The molecule has 0 amide bonds. The molecular weight excluding hydrogens is 344 g/mol. The molecule has 0 aromatic heterocycles. The highest BCUT2D eigenvalue weighted by molar-refractivity contribution is 5.82. The van der Waals surface area contributed by atoms with Gasteiger partial charge in [0.25, 0.3) is 0 Å². The first kappa shape index (κ1) is 20.6. The van der Waals surface area contributed by atoms with E-state index in [1.807, 2.05) is 13.8 Å². The molecule has 0 spiro atoms. The molecule has 0 unspecified atom stereocenters. The quantitative estimate of drug-likeness (QED) is 0.574. The molecule has 0 saturated heterocycles. The molecule has 1 N–H and O–H groups in total. The Bertz CT molecular complexity index is 656. The zero-order valence-corrected chi connectivity index (χ0v) is 18.9. The van der Waals surface area contributed by atoms with Gasteiger partial charge in [-0.3, -0.25) is 4.79 Å². The number of ketones is 1. The van der Waals surface area contributed by atoms with Gasteiger partial charge in [-0.05, 0) is 106 Å². The van der Waals surface area contributed by atoms with Crippen LogP contribution in [0.1, 0.15) is 98.8 Å². The van der Waals surface area contributed by atoms with E-state index in [0.29, 0.717) is 22.5 Å². The normalized spacial score (nSPS) is 44.4. The molecule has 0 heterocycles. The van der Waals surface area contributed by atoms with Crippen molar-refractivity contribution in [2.45, 2.75) is 104 Å². The maximum absolute atomic E-state index is 12.0. The second-order valence-electron chi connectivity index (χ2n) is 12.0. The van der Waals surface area contributed by atoms with Crippen LogP contribution in [0.4, 0.5) is 0 Å². The van der Waals surface area contributed by atoms with Gasteiger partial charge in [0.2, 0.25) is 0 Å². The van der Waals surface area contributed by atoms with Crippen molar-refractivity contribution < 1.29 is 9.90 Å². The van der Waals surface area contributed by atoms with Crippen molar-refractivity contribution >= 4 is 5.78 Å². The Morgan fingerprint density at radius 3 is 2.64 bits per heavy atom. The zero-order chi connectivity index (χ0) is 20.3. The molecule has 3 saturated carbocycles. The maximum Gasteiger partial charge on any atom is 0.136 e. The summed E-state index contributed by atoms with van der Waals surface area (Å²) in [5.41, 5.74) is 1.72. The first-order valence-corrected chi connectivity index (χ1v) is 12.0. The smallest absolute Gasteiger partial charge is 0.136 e. The number of aliphatic hydroxyl groups is 1. The summed E-state index contributed by atoms with van der Waals surface area (Å²) in [7, 11) is 0. The number of hydrogen-bond donors (Lipinski definition) is 1. The van der Waals surface area contributed by atoms with E-state index >= 15 is 0 Å². The van der Waals surface area contributed by atoms with Gasteiger partial charge < -0.3 is 5.11 Å². The number of rotatable bonds is 4. The molecule has 158 valence electrons. The summed E-state index contributed by atoms with van der Waals surface area (Å²) in [5.74, 6) is 4.45. The summed E-state index contributed by atoms with van der Waals surface area (Å²) in [6, 6.07) is 0. The summed E-state index contributed by atoms with van der Waals surface area (Å²) < 4.78 is 0. The number of allylic oxidation sites excluding steroid dienone is 2. The maximum atomic E-state index is 12.0. The van der Waals surface area contributed by atoms with Crippen LogP contribution in [0.5, 0.6) is 0 Å². The molecule has 4 rings (SSSR count). The lowest BCUT2D eigenvalue weighted by Gasteiger charge is -2.58. The van der Waals surface area contributed by atoms with Crippen LogP contribution in [0.25, 0.3) is 0 Å². The lowest BCUT2D eigenvalue weighted by atomic mass is 9.47. The molecular formula is C26H42O2. The lowest BCUT2D eigenvalue weighted by molar-refractivity contribution is -0.122. The van der Waals surface area contributed by atoms with Crippen molar-refractivity contribution in [1.82, 2.24) is 0 Å². The van der Waals surface area contributed by atoms with Gasteiger partial charge in [0.15, 0.2) is 0 Å². The first-order chi connectivity index (χ1) is 13.0. The van der Waals surface area contributed by atoms with Crippen molar-refractivity contribution in [2.24, 2.45) is 40.4 Å². The van der Waals surface area contributed by atoms with E-state index in [-0.39, 0.29) is 0 Å². The summed E-state index contributed by atoms with van der Waals surface area (Å²) in [5, 5.41) is 10.2. The monoisotopic (exact) mass is 386 g/mol. The van der Waals surface area contributed by atoms with Crippen LogP contribution in [0.15, 0.2) is 11.6 Å². The predicted molar refractivity (Wildman–Crippen MR) is 115 cm³/mol. The SMILES string of the molecule is C[C@H](CCC(C)(C)O)[C@H]1CC[C@H]2[C@@H]3CC=C4CC(=O)CC[C@]4(C)[C@H]3CC[C@]12C. The Labute approximate surface area is 172 Å². The molecule has 0 radical (unpaired) electrons. The zero-order valence-electron chi connectivity index (χ0n) is 18.9. The van der Waals surface area contributed by atoms with Gasteiger partial charge in [-0.25, -0.2) is 0 Å². The van der Waals surface area contributed by atoms with Crippen molar-refractivity contribution in [3.63, 3.8) is 0 Å². The molecule has 0 bridgehead atoms. The minimum atomic E-state index is -0.539. The largest absolute Gasteiger partial charge is 0.390 e. The fourth-order valence-corrected chi connectivity index (χ4v) is 8.23. The molecule has 4 aliphatic carbocycles. The van der Waals surface area contributed by atoms with E-state index in [9.17, 15) is 9.90 Å². The van der Waals surface area contributed by atoms with Gasteiger partial charge in [0.1, 0.15) is 5.78 Å². The van der Waals surface area contributed by atoms with Crippen LogP contribution in [0.3, 0.4) is 0 Å². The molecule has 3 fully saturated rings. The van der Waals surface area contributed by atoms with E-state index in [1.165, 1.54) is 37.7 Å². The molecule has 2 nitrogen and oxygen atoms in total. The molecule has 7 atom stereocenters. The number of fused-ring (bicyclic) bond motifs is 5. The van der Waals surface area contributed by atoms with Gasteiger partial charge in [-0.2, -0.15) is 0 Å². The number of Topliss-reactive ketones (excluding diaryl/α,β-unsaturated/α-hetero) is 1. The number of carbonyl (C=O) groups excluding carboxylic acids is 1. The Morgan fingerprint density at radius 2 is 1.93 bits per heavy atom. The number of carbonyl (C=O) groups is 1. The third-order valence-electron chi connectivity index (χ3n) is 9.91. The van der Waals surface area contributed by atoms with E-state index in [0.717, 1.165) is 55.8 Å². The lowest BCUT2D eigenvalue weighted by Crippen LogP contribution is -2.50. The van der Waals surface area contributed by atoms with Gasteiger partial charge >= 0.3 is 0 Å². The second kappa shape index (κ2) is 6.96. The fraction of sp³-hybridized carbons (Fsp3) is 0.885. The summed E-state index contributed by atoms with van der Waals surface area (Å²) >= 11 is 0. The molecule has 4 aliphatic rings. The van der Waals surface area contributed by atoms with E-state index < -0.39 is 5.60 Å². The summed E-state index contributed by atoms with van der Waals surface area (Å²) in [4.78, 5) is 12.0. The van der Waals surface area contributed by atoms with Crippen LogP contribution in [0, 0.1) is 40.4 Å². The van der Waals surface area contributed by atoms with Crippen LogP contribution in [-0.4, -0.2) is 16.5 Å². The Kier molecular flexibility index (Phi) is 5.13. The van der Waals surface area contributed by atoms with Crippen LogP contribution in [-0.2, 0) is 4.79 Å². The van der Waals surface area contributed by atoms with Crippen molar-refractivity contribution in [2.75, 3.05) is 0 Å². The van der Waals surface area contributed by atoms with Crippen molar-refractivity contribution in [3.8, 4) is 0 Å². The van der Waals surface area contributed by atoms with Crippen LogP contribution >= 0.6 is 0 Å². The van der Waals surface area contributed by atoms with Gasteiger partial charge in [0, 0.05) is 12.8 Å². The Morgan fingerprint density at radius 1 is 1.18 bits per heavy atom. The van der Waals surface area contributed by atoms with Gasteiger partial charge in [-0.1, -0.05) is 32.4 Å². The Hall–Kier alpha value is -0.630.